The minimum Gasteiger partial charge on any atom is -0.356 e. The molecule has 5 nitrogen and oxygen atoms in total. The number of carbonyl (C=O) groups excluding carboxylic acids is 1. The number of carbonyl (C=O) groups is 1. The van der Waals surface area contributed by atoms with E-state index < -0.39 is 0 Å². The Morgan fingerprint density at radius 2 is 2.06 bits per heavy atom. The van der Waals surface area contributed by atoms with Crippen molar-refractivity contribution < 1.29 is 4.79 Å². The van der Waals surface area contributed by atoms with Crippen LogP contribution in [0.2, 0.25) is 0 Å². The van der Waals surface area contributed by atoms with Gasteiger partial charge < -0.3 is 16.0 Å². The molecule has 0 rings (SSSR count). The topological polar surface area (TPSA) is 65.5 Å². The minimum absolute atomic E-state index is 0.0634. The van der Waals surface area contributed by atoms with Gasteiger partial charge in [0.05, 0.1) is 0 Å². The Labute approximate surface area is 97.4 Å². The van der Waals surface area contributed by atoms with Gasteiger partial charge >= 0.3 is 0 Å². The lowest BCUT2D eigenvalue weighted by Crippen LogP contribution is -2.39. The second-order valence-electron chi connectivity index (χ2n) is 3.27. The zero-order chi connectivity index (χ0) is 12.2. The predicted octanol–water partition coefficient (Wildman–Crippen LogP) is 0.254. The molecule has 0 bridgehead atoms. The predicted molar refractivity (Wildman–Crippen MR) is 67.5 cm³/mol. The molecule has 0 unspecified atom stereocenters. The lowest BCUT2D eigenvalue weighted by molar-refractivity contribution is -0.120. The zero-order valence-corrected chi connectivity index (χ0v) is 10.2. The smallest absolute Gasteiger partial charge is 0.221 e. The molecule has 3 N–H and O–H groups in total. The fourth-order valence-electron chi connectivity index (χ4n) is 1.04. The Hall–Kier alpha value is -1.52. The molecule has 0 saturated carbocycles. The van der Waals surface area contributed by atoms with Crippen molar-refractivity contribution in [2.24, 2.45) is 4.99 Å². The molecule has 0 aromatic rings. The summed E-state index contributed by atoms with van der Waals surface area (Å²) >= 11 is 0. The highest BCUT2D eigenvalue weighted by atomic mass is 16.1. The number of hydrogen-bond acceptors (Lipinski definition) is 2. The van der Waals surface area contributed by atoms with E-state index in [1.807, 2.05) is 6.92 Å². The van der Waals surface area contributed by atoms with Crippen molar-refractivity contribution in [2.45, 2.75) is 19.8 Å². The Morgan fingerprint density at radius 1 is 1.31 bits per heavy atom. The van der Waals surface area contributed by atoms with Crippen molar-refractivity contribution in [1.82, 2.24) is 16.0 Å². The third-order valence-corrected chi connectivity index (χ3v) is 1.85. The van der Waals surface area contributed by atoms with Crippen LogP contribution in [0, 0.1) is 0 Å². The van der Waals surface area contributed by atoms with Crippen LogP contribution < -0.4 is 16.0 Å². The first-order valence-corrected chi connectivity index (χ1v) is 5.56. The summed E-state index contributed by atoms with van der Waals surface area (Å²) in [6.07, 6.45) is 3.16. The summed E-state index contributed by atoms with van der Waals surface area (Å²) in [6.45, 7) is 7.60. The van der Waals surface area contributed by atoms with Gasteiger partial charge in [-0.1, -0.05) is 13.0 Å². The van der Waals surface area contributed by atoms with Crippen LogP contribution in [0.1, 0.15) is 19.8 Å². The summed E-state index contributed by atoms with van der Waals surface area (Å²) in [5.41, 5.74) is 0. The average Bonchev–Trinajstić information content (AvgIpc) is 2.30. The summed E-state index contributed by atoms with van der Waals surface area (Å²) in [6, 6.07) is 0. The fourth-order valence-corrected chi connectivity index (χ4v) is 1.04. The van der Waals surface area contributed by atoms with Crippen molar-refractivity contribution in [3.63, 3.8) is 0 Å². The molecule has 0 spiro atoms. The van der Waals surface area contributed by atoms with E-state index in [-0.39, 0.29) is 5.91 Å². The monoisotopic (exact) mass is 226 g/mol. The lowest BCUT2D eigenvalue weighted by Gasteiger charge is -2.10. The Balaban J connectivity index is 3.62. The molecule has 1 amide bonds. The molecule has 0 radical (unpaired) electrons. The van der Waals surface area contributed by atoms with Crippen molar-refractivity contribution in [3.8, 4) is 0 Å². The summed E-state index contributed by atoms with van der Waals surface area (Å²) in [5, 5.41) is 8.88. The largest absolute Gasteiger partial charge is 0.356 e. The van der Waals surface area contributed by atoms with E-state index >= 15 is 0 Å². The maximum absolute atomic E-state index is 11.3. The van der Waals surface area contributed by atoms with E-state index in [0.29, 0.717) is 25.5 Å². The van der Waals surface area contributed by atoms with Crippen LogP contribution in [0.25, 0.3) is 0 Å². The van der Waals surface area contributed by atoms with Gasteiger partial charge in [-0.3, -0.25) is 9.79 Å². The van der Waals surface area contributed by atoms with Crippen LogP contribution in [0.3, 0.4) is 0 Å². The van der Waals surface area contributed by atoms with Gasteiger partial charge in [0.1, 0.15) is 0 Å². The number of rotatable bonds is 7. The van der Waals surface area contributed by atoms with Crippen molar-refractivity contribution in [2.75, 3.05) is 26.7 Å². The molecule has 16 heavy (non-hydrogen) atoms. The fraction of sp³-hybridized carbons (Fsp3) is 0.636. The van der Waals surface area contributed by atoms with E-state index in [4.69, 9.17) is 0 Å². The molecule has 92 valence electrons. The molecular weight excluding hydrogens is 204 g/mol. The number of aliphatic imine (C=N–C) groups is 1. The highest BCUT2D eigenvalue weighted by molar-refractivity contribution is 5.81. The van der Waals surface area contributed by atoms with Gasteiger partial charge in [0.25, 0.3) is 0 Å². The highest BCUT2D eigenvalue weighted by Gasteiger charge is 2.00. The van der Waals surface area contributed by atoms with Gasteiger partial charge in [-0.15, -0.1) is 6.58 Å². The van der Waals surface area contributed by atoms with E-state index in [1.54, 1.807) is 13.1 Å². The van der Waals surface area contributed by atoms with Crippen LogP contribution in [-0.4, -0.2) is 38.5 Å². The number of amides is 1. The number of hydrogen-bond donors (Lipinski definition) is 3. The van der Waals surface area contributed by atoms with Crippen LogP contribution in [0.5, 0.6) is 0 Å². The van der Waals surface area contributed by atoms with Crippen molar-refractivity contribution >= 4 is 11.9 Å². The quantitative estimate of drug-likeness (QED) is 0.331. The molecule has 0 heterocycles. The zero-order valence-electron chi connectivity index (χ0n) is 10.2. The molecule has 0 aromatic heterocycles. The van der Waals surface area contributed by atoms with Crippen LogP contribution in [-0.2, 0) is 4.79 Å². The Bertz CT molecular complexity index is 238. The maximum Gasteiger partial charge on any atom is 0.221 e. The van der Waals surface area contributed by atoms with Crippen LogP contribution >= 0.6 is 0 Å². The third kappa shape index (κ3) is 7.84. The van der Waals surface area contributed by atoms with E-state index in [9.17, 15) is 4.79 Å². The first-order chi connectivity index (χ1) is 7.74. The first-order valence-electron chi connectivity index (χ1n) is 5.56. The first kappa shape index (κ1) is 14.5. The SMILES string of the molecule is C=CCNC(=NC)NCCC(=O)NCCC. The van der Waals surface area contributed by atoms with Gasteiger partial charge in [0, 0.05) is 33.1 Å². The van der Waals surface area contributed by atoms with Gasteiger partial charge in [-0.05, 0) is 6.42 Å². The Kier molecular flexibility index (Phi) is 9.06. The van der Waals surface area contributed by atoms with Crippen LogP contribution in [0.15, 0.2) is 17.6 Å². The molecule has 0 aliphatic heterocycles. The average molecular weight is 226 g/mol. The normalized spacial score (nSPS) is 10.8. The lowest BCUT2D eigenvalue weighted by atomic mass is 10.4. The second kappa shape index (κ2) is 10.0. The molecule has 0 aromatic carbocycles. The molecular formula is C11H22N4O. The highest BCUT2D eigenvalue weighted by Crippen LogP contribution is 1.79. The second-order valence-corrected chi connectivity index (χ2v) is 3.27. The molecule has 5 heteroatoms. The van der Waals surface area contributed by atoms with Gasteiger partial charge in [-0.25, -0.2) is 0 Å². The standard InChI is InChI=1S/C11H22N4O/c1-4-7-13-10(16)6-9-15-11(12-3)14-8-5-2/h5H,2,4,6-9H2,1,3H3,(H,13,16)(H2,12,14,15). The number of guanidine groups is 1. The summed E-state index contributed by atoms with van der Waals surface area (Å²) in [5.74, 6) is 0.747. The molecule has 0 saturated heterocycles. The summed E-state index contributed by atoms with van der Waals surface area (Å²) in [7, 11) is 1.69. The molecule has 0 aliphatic rings. The third-order valence-electron chi connectivity index (χ3n) is 1.85. The maximum atomic E-state index is 11.3. The van der Waals surface area contributed by atoms with Crippen molar-refractivity contribution in [3.05, 3.63) is 12.7 Å². The van der Waals surface area contributed by atoms with Gasteiger partial charge in [-0.2, -0.15) is 0 Å². The molecule has 0 atom stereocenters. The molecule has 0 fully saturated rings. The van der Waals surface area contributed by atoms with Crippen molar-refractivity contribution in [1.29, 1.82) is 0 Å². The number of nitrogens with one attached hydrogen (secondary N) is 3. The van der Waals surface area contributed by atoms with E-state index in [2.05, 4.69) is 27.5 Å². The van der Waals surface area contributed by atoms with E-state index in [0.717, 1.165) is 13.0 Å². The van der Waals surface area contributed by atoms with E-state index in [1.165, 1.54) is 0 Å². The summed E-state index contributed by atoms with van der Waals surface area (Å²) in [4.78, 5) is 15.3. The minimum atomic E-state index is 0.0634. The van der Waals surface area contributed by atoms with Gasteiger partial charge in [0.2, 0.25) is 5.91 Å². The molecule has 0 aliphatic carbocycles. The van der Waals surface area contributed by atoms with Gasteiger partial charge in [0.15, 0.2) is 5.96 Å². The summed E-state index contributed by atoms with van der Waals surface area (Å²) < 4.78 is 0. The van der Waals surface area contributed by atoms with Crippen LogP contribution in [0.4, 0.5) is 0 Å². The Morgan fingerprint density at radius 3 is 2.62 bits per heavy atom. The number of nitrogens with zero attached hydrogens (tertiary/aromatic N) is 1.